The number of nitrogens with zero attached hydrogens (tertiary/aromatic N) is 7. The summed E-state index contributed by atoms with van der Waals surface area (Å²) >= 11 is 0. The van der Waals surface area contributed by atoms with E-state index in [-0.39, 0.29) is 11.9 Å². The third-order valence-corrected chi connectivity index (χ3v) is 5.49. The summed E-state index contributed by atoms with van der Waals surface area (Å²) in [6.45, 7) is 7.79. The molecule has 0 fully saturated rings. The molecular formula is C22H14FN7O. The second-order valence-electron chi connectivity index (χ2n) is 7.27. The van der Waals surface area contributed by atoms with Gasteiger partial charge in [-0.2, -0.15) is 4.98 Å². The lowest BCUT2D eigenvalue weighted by Crippen LogP contribution is -2.20. The minimum Gasteiger partial charge on any atom is -0.493 e. The maximum Gasteiger partial charge on any atom is 0.237 e. The maximum atomic E-state index is 13.9. The minimum absolute atomic E-state index is 0.152. The van der Waals surface area contributed by atoms with Gasteiger partial charge in [-0.25, -0.2) is 24.2 Å². The van der Waals surface area contributed by atoms with E-state index < -0.39 is 0 Å². The standard InChI is InChI=1S/C22H14FN7O/c1-24-14-3-4-16-19(9-14)30(12-26-16)22-25-10-17-21(28-22)29(11-27-17)18-6-7-31-20-5-2-13(23)8-15(18)20/h2-5,8-12,18H,6-7H2/t18-/m1/s1. The molecule has 0 spiro atoms. The molecular weight excluding hydrogens is 397 g/mol. The van der Waals surface area contributed by atoms with E-state index in [0.29, 0.717) is 41.6 Å². The molecule has 0 saturated carbocycles. The van der Waals surface area contributed by atoms with Crippen LogP contribution in [0.1, 0.15) is 18.0 Å². The van der Waals surface area contributed by atoms with Crippen molar-refractivity contribution >= 4 is 27.9 Å². The summed E-state index contributed by atoms with van der Waals surface area (Å²) in [6, 6.07) is 9.70. The molecule has 0 unspecified atom stereocenters. The first-order valence-electron chi connectivity index (χ1n) is 9.68. The van der Waals surface area contributed by atoms with Gasteiger partial charge in [0.05, 0.1) is 42.8 Å². The van der Waals surface area contributed by atoms with Crippen LogP contribution in [-0.4, -0.2) is 35.7 Å². The van der Waals surface area contributed by atoms with Crippen LogP contribution in [0.15, 0.2) is 55.2 Å². The molecule has 0 bridgehead atoms. The molecule has 0 N–H and O–H groups in total. The number of imidazole rings is 2. The average molecular weight is 411 g/mol. The van der Waals surface area contributed by atoms with E-state index in [9.17, 15) is 4.39 Å². The SMILES string of the molecule is [C-]#[N+]c1ccc2ncn(-c3ncc4ncn([C@@H]5CCOc6ccc(F)cc65)c4n3)c2c1. The summed E-state index contributed by atoms with van der Waals surface area (Å²) in [4.78, 5) is 21.5. The van der Waals surface area contributed by atoms with Gasteiger partial charge in [0.2, 0.25) is 5.95 Å². The number of halogens is 1. The number of fused-ring (bicyclic) bond motifs is 3. The predicted molar refractivity (Wildman–Crippen MR) is 111 cm³/mol. The molecule has 0 amide bonds. The number of ether oxygens (including phenoxy) is 1. The summed E-state index contributed by atoms with van der Waals surface area (Å²) in [5, 5.41) is 0. The van der Waals surface area contributed by atoms with Crippen molar-refractivity contribution in [2.24, 2.45) is 0 Å². The summed E-state index contributed by atoms with van der Waals surface area (Å²) in [5.74, 6) is 0.779. The van der Waals surface area contributed by atoms with Crippen molar-refractivity contribution in [3.63, 3.8) is 0 Å². The minimum atomic E-state index is -0.311. The Morgan fingerprint density at radius 2 is 1.97 bits per heavy atom. The quantitative estimate of drug-likeness (QED) is 0.407. The summed E-state index contributed by atoms with van der Waals surface area (Å²) < 4.78 is 23.3. The van der Waals surface area contributed by atoms with Crippen LogP contribution in [0.3, 0.4) is 0 Å². The smallest absolute Gasteiger partial charge is 0.237 e. The van der Waals surface area contributed by atoms with Crippen molar-refractivity contribution in [1.29, 1.82) is 0 Å². The number of hydrogen-bond donors (Lipinski definition) is 0. The second-order valence-corrected chi connectivity index (χ2v) is 7.27. The highest BCUT2D eigenvalue weighted by Gasteiger charge is 2.26. The predicted octanol–water partition coefficient (Wildman–Crippen LogP) is 4.23. The molecule has 6 rings (SSSR count). The first kappa shape index (κ1) is 17.5. The number of aromatic nitrogens is 6. The fraction of sp³-hybridized carbons (Fsp3) is 0.136. The van der Waals surface area contributed by atoms with Crippen LogP contribution in [-0.2, 0) is 0 Å². The van der Waals surface area contributed by atoms with Crippen molar-refractivity contribution in [3.8, 4) is 11.7 Å². The fourth-order valence-electron chi connectivity index (χ4n) is 4.02. The molecule has 0 aliphatic carbocycles. The third-order valence-electron chi connectivity index (χ3n) is 5.49. The van der Waals surface area contributed by atoms with E-state index in [1.165, 1.54) is 12.1 Å². The molecule has 1 atom stereocenters. The molecule has 2 aromatic carbocycles. The van der Waals surface area contributed by atoms with Gasteiger partial charge in [-0.05, 0) is 30.3 Å². The normalized spacial score (nSPS) is 15.5. The molecule has 9 heteroatoms. The Morgan fingerprint density at radius 3 is 2.87 bits per heavy atom. The van der Waals surface area contributed by atoms with E-state index in [1.807, 2.05) is 4.57 Å². The van der Waals surface area contributed by atoms with E-state index in [2.05, 4.69) is 19.8 Å². The van der Waals surface area contributed by atoms with E-state index in [0.717, 1.165) is 16.6 Å². The van der Waals surface area contributed by atoms with E-state index >= 15 is 0 Å². The van der Waals surface area contributed by atoms with Crippen molar-refractivity contribution in [2.75, 3.05) is 6.61 Å². The van der Waals surface area contributed by atoms with Crippen LogP contribution in [0.25, 0.3) is 33.0 Å². The zero-order valence-electron chi connectivity index (χ0n) is 16.1. The van der Waals surface area contributed by atoms with Gasteiger partial charge in [0, 0.05) is 12.0 Å². The Kier molecular flexibility index (Phi) is 3.73. The van der Waals surface area contributed by atoms with Gasteiger partial charge in [-0.15, -0.1) is 0 Å². The first-order valence-corrected chi connectivity index (χ1v) is 9.68. The van der Waals surface area contributed by atoms with Gasteiger partial charge in [-0.3, -0.25) is 4.57 Å². The maximum absolute atomic E-state index is 13.9. The fourth-order valence-corrected chi connectivity index (χ4v) is 4.02. The zero-order valence-corrected chi connectivity index (χ0v) is 16.1. The van der Waals surface area contributed by atoms with Crippen LogP contribution in [0.2, 0.25) is 0 Å². The van der Waals surface area contributed by atoms with Crippen LogP contribution in [0.4, 0.5) is 10.1 Å². The molecule has 3 aromatic heterocycles. The summed E-state index contributed by atoms with van der Waals surface area (Å²) in [6.07, 6.45) is 5.67. The Morgan fingerprint density at radius 1 is 1.06 bits per heavy atom. The van der Waals surface area contributed by atoms with Crippen LogP contribution < -0.4 is 4.74 Å². The molecule has 8 nitrogen and oxygen atoms in total. The third kappa shape index (κ3) is 2.73. The molecule has 150 valence electrons. The van der Waals surface area contributed by atoms with Gasteiger partial charge in [0.1, 0.15) is 23.4 Å². The summed E-state index contributed by atoms with van der Waals surface area (Å²) in [5.41, 5.74) is 4.05. The van der Waals surface area contributed by atoms with Gasteiger partial charge >= 0.3 is 0 Å². The lowest BCUT2D eigenvalue weighted by atomic mass is 10.0. The summed E-state index contributed by atoms with van der Waals surface area (Å²) in [7, 11) is 0. The van der Waals surface area contributed by atoms with Crippen molar-refractivity contribution < 1.29 is 9.13 Å². The Labute approximate surface area is 175 Å². The molecule has 0 saturated heterocycles. The van der Waals surface area contributed by atoms with Gasteiger partial charge < -0.3 is 9.30 Å². The molecule has 1 aliphatic rings. The van der Waals surface area contributed by atoms with Crippen molar-refractivity contribution in [1.82, 2.24) is 29.1 Å². The van der Waals surface area contributed by atoms with Crippen molar-refractivity contribution in [3.05, 3.63) is 78.0 Å². The number of rotatable bonds is 2. The molecule has 0 radical (unpaired) electrons. The monoisotopic (exact) mass is 411 g/mol. The highest BCUT2D eigenvalue weighted by Crippen LogP contribution is 2.36. The van der Waals surface area contributed by atoms with Gasteiger partial charge in [0.15, 0.2) is 11.3 Å². The van der Waals surface area contributed by atoms with Crippen LogP contribution in [0.5, 0.6) is 5.75 Å². The lowest BCUT2D eigenvalue weighted by molar-refractivity contribution is 0.257. The Bertz CT molecular complexity index is 1510. The largest absolute Gasteiger partial charge is 0.493 e. The van der Waals surface area contributed by atoms with Crippen LogP contribution in [0, 0.1) is 12.4 Å². The lowest BCUT2D eigenvalue weighted by Gasteiger charge is -2.27. The van der Waals surface area contributed by atoms with Crippen LogP contribution >= 0.6 is 0 Å². The Balaban J connectivity index is 1.51. The highest BCUT2D eigenvalue weighted by atomic mass is 19.1. The molecule has 31 heavy (non-hydrogen) atoms. The average Bonchev–Trinajstić information content (AvgIpc) is 3.41. The van der Waals surface area contributed by atoms with E-state index in [4.69, 9.17) is 16.3 Å². The molecule has 1 aliphatic heterocycles. The molecule has 5 aromatic rings. The zero-order chi connectivity index (χ0) is 20.9. The number of hydrogen-bond acceptors (Lipinski definition) is 5. The van der Waals surface area contributed by atoms with E-state index in [1.54, 1.807) is 47.7 Å². The highest BCUT2D eigenvalue weighted by molar-refractivity contribution is 5.81. The Hall–Kier alpha value is -4.32. The molecule has 4 heterocycles. The first-order chi connectivity index (χ1) is 15.2. The number of benzene rings is 2. The van der Waals surface area contributed by atoms with Gasteiger partial charge in [0.25, 0.3) is 0 Å². The van der Waals surface area contributed by atoms with Crippen molar-refractivity contribution in [2.45, 2.75) is 12.5 Å². The second kappa shape index (κ2) is 6.60. The van der Waals surface area contributed by atoms with Gasteiger partial charge in [-0.1, -0.05) is 6.07 Å². The topological polar surface area (TPSA) is 75.0 Å².